The van der Waals surface area contributed by atoms with Crippen LogP contribution in [0.4, 0.5) is 10.5 Å². The number of aliphatic hydroxyl groups is 1. The van der Waals surface area contributed by atoms with Gasteiger partial charge in [-0.25, -0.2) is 9.78 Å². The fourth-order valence-electron chi connectivity index (χ4n) is 3.65. The third-order valence-electron chi connectivity index (χ3n) is 5.43. The van der Waals surface area contributed by atoms with Crippen molar-refractivity contribution in [2.75, 3.05) is 17.7 Å². The first-order valence-corrected chi connectivity index (χ1v) is 12.3. The highest BCUT2D eigenvalue weighted by atomic mass is 32.2. The van der Waals surface area contributed by atoms with Crippen molar-refractivity contribution in [3.63, 3.8) is 0 Å². The molecular weight excluding hydrogens is 464 g/mol. The second-order valence-corrected chi connectivity index (χ2v) is 9.00. The van der Waals surface area contributed by atoms with Crippen molar-refractivity contribution >= 4 is 23.5 Å². The Morgan fingerprint density at radius 2 is 1.89 bits per heavy atom. The van der Waals surface area contributed by atoms with Crippen LogP contribution in [0.25, 0.3) is 0 Å². The topological polar surface area (TPSA) is 89.9 Å². The summed E-state index contributed by atoms with van der Waals surface area (Å²) < 4.78 is 17.6. The van der Waals surface area contributed by atoms with E-state index >= 15 is 0 Å². The van der Waals surface area contributed by atoms with Crippen molar-refractivity contribution in [2.24, 2.45) is 0 Å². The minimum Gasteiger partial charge on any atom is -0.445 e. The molecule has 4 rings (SSSR count). The summed E-state index contributed by atoms with van der Waals surface area (Å²) in [6, 6.07) is 21.0. The number of anilines is 1. The van der Waals surface area contributed by atoms with Gasteiger partial charge < -0.3 is 19.3 Å². The number of nitrogens with zero attached hydrogens (tertiary/aromatic N) is 1. The molecule has 1 aliphatic heterocycles. The fourth-order valence-corrected chi connectivity index (χ4v) is 4.53. The van der Waals surface area contributed by atoms with E-state index in [1.807, 2.05) is 54.6 Å². The number of thioether (sulfide) groups is 1. The summed E-state index contributed by atoms with van der Waals surface area (Å²) in [4.78, 5) is 16.2. The molecule has 7 nitrogen and oxygen atoms in total. The minimum atomic E-state index is -0.567. The van der Waals surface area contributed by atoms with Crippen LogP contribution in [-0.2, 0) is 20.8 Å². The Hall–Kier alpha value is -3.17. The van der Waals surface area contributed by atoms with Gasteiger partial charge in [-0.3, -0.25) is 5.32 Å². The summed E-state index contributed by atoms with van der Waals surface area (Å²) in [5, 5.41) is 13.0. The zero-order valence-corrected chi connectivity index (χ0v) is 20.0. The molecule has 3 atom stereocenters. The number of ether oxygens (including phenoxy) is 3. The molecular formula is C27H28N2O5S. The molecule has 0 saturated carbocycles. The monoisotopic (exact) mass is 492 g/mol. The van der Waals surface area contributed by atoms with E-state index in [-0.39, 0.29) is 25.4 Å². The van der Waals surface area contributed by atoms with Crippen LogP contribution in [-0.4, -0.2) is 34.6 Å². The molecule has 35 heavy (non-hydrogen) atoms. The Kier molecular flexibility index (Phi) is 8.91. The van der Waals surface area contributed by atoms with Gasteiger partial charge in [0, 0.05) is 29.6 Å². The Morgan fingerprint density at radius 1 is 1.11 bits per heavy atom. The van der Waals surface area contributed by atoms with Crippen LogP contribution in [0.15, 0.2) is 90.6 Å². The molecule has 0 spiro atoms. The predicted octanol–water partition coefficient (Wildman–Crippen LogP) is 5.65. The van der Waals surface area contributed by atoms with Gasteiger partial charge >= 0.3 is 6.09 Å². The number of rotatable bonds is 9. The van der Waals surface area contributed by atoms with Gasteiger partial charge in [-0.1, -0.05) is 55.1 Å². The molecule has 182 valence electrons. The lowest BCUT2D eigenvalue weighted by Crippen LogP contribution is -2.31. The van der Waals surface area contributed by atoms with Gasteiger partial charge in [0.1, 0.15) is 6.61 Å². The molecule has 0 radical (unpaired) electrons. The van der Waals surface area contributed by atoms with Gasteiger partial charge in [-0.2, -0.15) is 0 Å². The summed E-state index contributed by atoms with van der Waals surface area (Å²) in [6.07, 6.45) is 2.66. The summed E-state index contributed by atoms with van der Waals surface area (Å²) in [5.41, 5.74) is 3.34. The number of benzene rings is 2. The highest BCUT2D eigenvalue weighted by Crippen LogP contribution is 2.39. The minimum absolute atomic E-state index is 0.00238. The van der Waals surface area contributed by atoms with Gasteiger partial charge in [0.2, 0.25) is 0 Å². The largest absolute Gasteiger partial charge is 0.445 e. The van der Waals surface area contributed by atoms with Gasteiger partial charge in [-0.05, 0) is 35.4 Å². The van der Waals surface area contributed by atoms with Gasteiger partial charge in [0.25, 0.3) is 0 Å². The number of hydrogen-bond donors (Lipinski definition) is 2. The highest BCUT2D eigenvalue weighted by Gasteiger charge is 2.32. The molecule has 0 unspecified atom stereocenters. The number of carbonyl (C=O) groups excluding carboxylic acids is 1. The quantitative estimate of drug-likeness (QED) is 0.295. The second kappa shape index (κ2) is 12.5. The third kappa shape index (κ3) is 7.16. The molecule has 0 aliphatic carbocycles. The number of pyridine rings is 1. The summed E-state index contributed by atoms with van der Waals surface area (Å²) in [5.74, 6) is 0.733. The van der Waals surface area contributed by atoms with Crippen LogP contribution in [0.5, 0.6) is 0 Å². The van der Waals surface area contributed by atoms with Crippen molar-refractivity contribution < 1.29 is 24.1 Å². The maximum atomic E-state index is 11.8. The van der Waals surface area contributed by atoms with Crippen LogP contribution in [0.3, 0.4) is 0 Å². The first-order valence-electron chi connectivity index (χ1n) is 11.3. The number of amides is 1. The van der Waals surface area contributed by atoms with E-state index < -0.39 is 12.4 Å². The SMILES string of the molecule is C=CCOC(=O)Nc1ccc([C@@H]2O[C@H](CSc3ccccn3)C[C@H](c3ccc(CO)cc3)O2)cc1. The Labute approximate surface area is 209 Å². The zero-order valence-electron chi connectivity index (χ0n) is 19.2. The Balaban J connectivity index is 1.47. The standard InChI is InChI=1S/C27H28N2O5S/c1-2-15-32-27(31)29-22-12-10-21(11-13-22)26-33-23(18-35-25-5-3-4-14-28-25)16-24(34-26)20-8-6-19(17-30)7-9-20/h2-14,23-24,26,30H,1,15-18H2,(H,29,31)/t23-,24+,26+/m0/s1. The molecule has 8 heteroatoms. The van der Waals surface area contributed by atoms with E-state index in [0.29, 0.717) is 12.1 Å². The molecule has 1 amide bonds. The third-order valence-corrected chi connectivity index (χ3v) is 6.51. The van der Waals surface area contributed by atoms with Crippen LogP contribution >= 0.6 is 11.8 Å². The molecule has 1 saturated heterocycles. The van der Waals surface area contributed by atoms with Crippen LogP contribution < -0.4 is 5.32 Å². The van der Waals surface area contributed by atoms with Crippen LogP contribution in [0.1, 0.15) is 35.5 Å². The number of carbonyl (C=O) groups is 1. The van der Waals surface area contributed by atoms with E-state index in [9.17, 15) is 9.90 Å². The smallest absolute Gasteiger partial charge is 0.411 e. The van der Waals surface area contributed by atoms with E-state index in [1.165, 1.54) is 6.08 Å². The van der Waals surface area contributed by atoms with E-state index in [2.05, 4.69) is 16.9 Å². The summed E-state index contributed by atoms with van der Waals surface area (Å²) in [7, 11) is 0. The first kappa shape index (κ1) is 24.9. The Morgan fingerprint density at radius 3 is 2.57 bits per heavy atom. The lowest BCUT2D eigenvalue weighted by atomic mass is 10.0. The maximum Gasteiger partial charge on any atom is 0.411 e. The zero-order chi connectivity index (χ0) is 24.5. The normalized spacial score (nSPS) is 19.6. The van der Waals surface area contributed by atoms with Crippen LogP contribution in [0, 0.1) is 0 Å². The predicted molar refractivity (Wildman–Crippen MR) is 135 cm³/mol. The van der Waals surface area contributed by atoms with E-state index in [4.69, 9.17) is 14.2 Å². The number of hydrogen-bond acceptors (Lipinski definition) is 7. The molecule has 1 aromatic heterocycles. The van der Waals surface area contributed by atoms with Crippen molar-refractivity contribution in [2.45, 2.75) is 36.6 Å². The lowest BCUT2D eigenvalue weighted by Gasteiger charge is -2.36. The van der Waals surface area contributed by atoms with Crippen LogP contribution in [0.2, 0.25) is 0 Å². The van der Waals surface area contributed by atoms with Crippen molar-refractivity contribution in [3.05, 3.63) is 102 Å². The van der Waals surface area contributed by atoms with E-state index in [1.54, 1.807) is 30.1 Å². The number of aliphatic hydroxyl groups excluding tert-OH is 1. The molecule has 1 aliphatic rings. The molecule has 2 aromatic carbocycles. The second-order valence-electron chi connectivity index (χ2n) is 7.96. The summed E-state index contributed by atoms with van der Waals surface area (Å²) in [6.45, 7) is 3.67. The van der Waals surface area contributed by atoms with Crippen molar-refractivity contribution in [1.82, 2.24) is 4.98 Å². The molecule has 3 aromatic rings. The molecule has 2 heterocycles. The molecule has 2 N–H and O–H groups in total. The maximum absolute atomic E-state index is 11.8. The van der Waals surface area contributed by atoms with Crippen molar-refractivity contribution in [1.29, 1.82) is 0 Å². The van der Waals surface area contributed by atoms with Gasteiger partial charge in [0.05, 0.1) is 23.8 Å². The average molecular weight is 493 g/mol. The summed E-state index contributed by atoms with van der Waals surface area (Å²) >= 11 is 1.65. The number of nitrogens with one attached hydrogen (secondary N) is 1. The average Bonchev–Trinajstić information content (AvgIpc) is 2.91. The van der Waals surface area contributed by atoms with Gasteiger partial charge in [0.15, 0.2) is 6.29 Å². The fraction of sp³-hybridized carbons (Fsp3) is 0.259. The first-order chi connectivity index (χ1) is 17.1. The van der Waals surface area contributed by atoms with E-state index in [0.717, 1.165) is 27.5 Å². The lowest BCUT2D eigenvalue weighted by molar-refractivity contribution is -0.245. The highest BCUT2D eigenvalue weighted by molar-refractivity contribution is 7.99. The van der Waals surface area contributed by atoms with Gasteiger partial charge in [-0.15, -0.1) is 11.8 Å². The van der Waals surface area contributed by atoms with Crippen molar-refractivity contribution in [3.8, 4) is 0 Å². The molecule has 1 fully saturated rings. The number of aromatic nitrogens is 1. The Bertz CT molecular complexity index is 1090. The molecule has 0 bridgehead atoms.